The standard InChI is InChI=1S/C22H28N2O7S/c1-28-18-9-7-16(14-20(18)29-2)24-22(25)6-4-3-5-11-23-32(26,27)17-8-10-19-21(15-17)31-13-12-30-19/h7-10,14-15,23H,3-6,11-13H2,1-2H3,(H,24,25). The van der Waals surface area contributed by atoms with E-state index in [1.54, 1.807) is 31.4 Å². The Labute approximate surface area is 188 Å². The van der Waals surface area contributed by atoms with Crippen LogP contribution in [0.15, 0.2) is 41.3 Å². The molecular formula is C22H28N2O7S. The molecule has 0 aliphatic carbocycles. The zero-order valence-electron chi connectivity index (χ0n) is 18.2. The van der Waals surface area contributed by atoms with Gasteiger partial charge in [-0.25, -0.2) is 13.1 Å². The number of unbranched alkanes of at least 4 members (excludes halogenated alkanes) is 2. The molecule has 0 fully saturated rings. The molecule has 0 saturated heterocycles. The molecule has 0 aromatic heterocycles. The van der Waals surface area contributed by atoms with Crippen LogP contribution in [-0.4, -0.2) is 48.3 Å². The number of hydrogen-bond acceptors (Lipinski definition) is 7. The second-order valence-electron chi connectivity index (χ2n) is 7.13. The summed E-state index contributed by atoms with van der Waals surface area (Å²) in [4.78, 5) is 12.3. The maximum atomic E-state index is 12.5. The zero-order valence-corrected chi connectivity index (χ0v) is 19.0. The number of hydrogen-bond donors (Lipinski definition) is 2. The number of fused-ring (bicyclic) bond motifs is 1. The van der Waals surface area contributed by atoms with Crippen molar-refractivity contribution in [3.8, 4) is 23.0 Å². The first-order valence-corrected chi connectivity index (χ1v) is 11.8. The van der Waals surface area contributed by atoms with E-state index in [4.69, 9.17) is 18.9 Å². The van der Waals surface area contributed by atoms with Crippen LogP contribution in [-0.2, 0) is 14.8 Å². The van der Waals surface area contributed by atoms with E-state index in [9.17, 15) is 13.2 Å². The van der Waals surface area contributed by atoms with Crippen LogP contribution in [0.5, 0.6) is 23.0 Å². The Morgan fingerprint density at radius 1 is 0.938 bits per heavy atom. The highest BCUT2D eigenvalue weighted by molar-refractivity contribution is 7.89. The van der Waals surface area contributed by atoms with E-state index in [1.165, 1.54) is 19.2 Å². The molecule has 0 bridgehead atoms. The van der Waals surface area contributed by atoms with Gasteiger partial charge in [-0.2, -0.15) is 0 Å². The Bertz CT molecular complexity index is 1040. The largest absolute Gasteiger partial charge is 0.493 e. The monoisotopic (exact) mass is 464 g/mol. The first-order chi connectivity index (χ1) is 15.4. The Balaban J connectivity index is 1.38. The molecule has 32 heavy (non-hydrogen) atoms. The number of benzene rings is 2. The van der Waals surface area contributed by atoms with Crippen LogP contribution >= 0.6 is 0 Å². The second-order valence-corrected chi connectivity index (χ2v) is 8.90. The molecule has 1 aliphatic heterocycles. The van der Waals surface area contributed by atoms with Gasteiger partial charge in [0.1, 0.15) is 13.2 Å². The minimum Gasteiger partial charge on any atom is -0.493 e. The van der Waals surface area contributed by atoms with Crippen molar-refractivity contribution in [3.05, 3.63) is 36.4 Å². The molecule has 174 valence electrons. The molecule has 0 saturated carbocycles. The molecule has 1 amide bonds. The van der Waals surface area contributed by atoms with Crippen molar-refractivity contribution in [2.75, 3.05) is 39.3 Å². The average Bonchev–Trinajstić information content (AvgIpc) is 2.80. The third-order valence-corrected chi connectivity index (χ3v) is 6.32. The lowest BCUT2D eigenvalue weighted by molar-refractivity contribution is -0.116. The molecule has 0 radical (unpaired) electrons. The summed E-state index contributed by atoms with van der Waals surface area (Å²) in [6, 6.07) is 9.72. The zero-order chi connectivity index (χ0) is 23.0. The molecule has 2 aromatic carbocycles. The van der Waals surface area contributed by atoms with Crippen LogP contribution in [0.2, 0.25) is 0 Å². The molecule has 0 spiro atoms. The van der Waals surface area contributed by atoms with Crippen LogP contribution < -0.4 is 29.0 Å². The molecule has 3 rings (SSSR count). The lowest BCUT2D eigenvalue weighted by atomic mass is 10.2. The number of carbonyl (C=O) groups is 1. The summed E-state index contributed by atoms with van der Waals surface area (Å²) in [5, 5.41) is 2.82. The van der Waals surface area contributed by atoms with Gasteiger partial charge in [-0.3, -0.25) is 4.79 Å². The van der Waals surface area contributed by atoms with Crippen LogP contribution in [0.4, 0.5) is 5.69 Å². The fourth-order valence-electron chi connectivity index (χ4n) is 3.21. The van der Waals surface area contributed by atoms with E-state index in [0.29, 0.717) is 67.6 Å². The van der Waals surface area contributed by atoms with Crippen molar-refractivity contribution < 1.29 is 32.2 Å². The van der Waals surface area contributed by atoms with Gasteiger partial charge < -0.3 is 24.3 Å². The van der Waals surface area contributed by atoms with E-state index in [-0.39, 0.29) is 17.3 Å². The van der Waals surface area contributed by atoms with Crippen molar-refractivity contribution in [1.82, 2.24) is 4.72 Å². The second kappa shape index (κ2) is 11.1. The van der Waals surface area contributed by atoms with E-state index >= 15 is 0 Å². The van der Waals surface area contributed by atoms with Gasteiger partial charge in [0, 0.05) is 30.8 Å². The topological polar surface area (TPSA) is 112 Å². The Morgan fingerprint density at radius 2 is 1.69 bits per heavy atom. The van der Waals surface area contributed by atoms with Crippen LogP contribution in [0.25, 0.3) is 0 Å². The first kappa shape index (κ1) is 23.7. The smallest absolute Gasteiger partial charge is 0.240 e. The summed E-state index contributed by atoms with van der Waals surface area (Å²) in [5.74, 6) is 1.98. The van der Waals surface area contributed by atoms with Gasteiger partial charge >= 0.3 is 0 Å². The fourth-order valence-corrected chi connectivity index (χ4v) is 4.29. The number of nitrogens with one attached hydrogen (secondary N) is 2. The quantitative estimate of drug-likeness (QED) is 0.492. The van der Waals surface area contributed by atoms with Crippen molar-refractivity contribution in [1.29, 1.82) is 0 Å². The summed E-state index contributed by atoms with van der Waals surface area (Å²) in [6.45, 7) is 1.13. The van der Waals surface area contributed by atoms with Crippen molar-refractivity contribution in [3.63, 3.8) is 0 Å². The number of rotatable bonds is 11. The lowest BCUT2D eigenvalue weighted by Crippen LogP contribution is -2.25. The number of carbonyl (C=O) groups excluding carboxylic acids is 1. The predicted octanol–water partition coefficient (Wildman–Crippen LogP) is 2.95. The Hall–Kier alpha value is -2.98. The summed E-state index contributed by atoms with van der Waals surface area (Å²) in [6.07, 6.45) is 2.31. The SMILES string of the molecule is COc1ccc(NC(=O)CCCCCNS(=O)(=O)c2ccc3c(c2)OCCO3)cc1OC. The summed E-state index contributed by atoms with van der Waals surface area (Å²) >= 11 is 0. The molecular weight excluding hydrogens is 436 g/mol. The average molecular weight is 465 g/mol. The first-order valence-electron chi connectivity index (χ1n) is 10.3. The van der Waals surface area contributed by atoms with Crippen LogP contribution in [0.3, 0.4) is 0 Å². The minimum atomic E-state index is -3.64. The van der Waals surface area contributed by atoms with Crippen molar-refractivity contribution in [2.45, 2.75) is 30.6 Å². The number of anilines is 1. The van der Waals surface area contributed by atoms with Gasteiger partial charge in [0.25, 0.3) is 0 Å². The number of ether oxygens (including phenoxy) is 4. The maximum Gasteiger partial charge on any atom is 0.240 e. The van der Waals surface area contributed by atoms with Gasteiger partial charge in [-0.15, -0.1) is 0 Å². The van der Waals surface area contributed by atoms with E-state index in [2.05, 4.69) is 10.0 Å². The van der Waals surface area contributed by atoms with Gasteiger partial charge in [0.05, 0.1) is 19.1 Å². The number of methoxy groups -OCH3 is 2. The normalized spacial score (nSPS) is 12.8. The van der Waals surface area contributed by atoms with Gasteiger partial charge in [0.2, 0.25) is 15.9 Å². The van der Waals surface area contributed by atoms with Gasteiger partial charge in [-0.1, -0.05) is 6.42 Å². The maximum absolute atomic E-state index is 12.5. The van der Waals surface area contributed by atoms with Crippen LogP contribution in [0, 0.1) is 0 Å². The molecule has 2 N–H and O–H groups in total. The molecule has 1 aliphatic rings. The van der Waals surface area contributed by atoms with Crippen LogP contribution in [0.1, 0.15) is 25.7 Å². The Kier molecular flexibility index (Phi) is 8.18. The Morgan fingerprint density at radius 3 is 2.44 bits per heavy atom. The van der Waals surface area contributed by atoms with E-state index in [1.807, 2.05) is 0 Å². The summed E-state index contributed by atoms with van der Waals surface area (Å²) < 4.78 is 48.8. The molecule has 2 aromatic rings. The lowest BCUT2D eigenvalue weighted by Gasteiger charge is -2.18. The highest BCUT2D eigenvalue weighted by atomic mass is 32.2. The predicted molar refractivity (Wildman–Crippen MR) is 119 cm³/mol. The number of sulfonamides is 1. The molecule has 1 heterocycles. The molecule has 0 unspecified atom stereocenters. The third kappa shape index (κ3) is 6.27. The fraction of sp³-hybridized carbons (Fsp3) is 0.409. The van der Waals surface area contributed by atoms with Crippen molar-refractivity contribution >= 4 is 21.6 Å². The van der Waals surface area contributed by atoms with Crippen molar-refractivity contribution in [2.24, 2.45) is 0 Å². The summed E-state index contributed by atoms with van der Waals surface area (Å²) in [5.41, 5.74) is 0.625. The molecule has 9 nitrogen and oxygen atoms in total. The van der Waals surface area contributed by atoms with Gasteiger partial charge in [0.15, 0.2) is 23.0 Å². The van der Waals surface area contributed by atoms with E-state index < -0.39 is 10.0 Å². The number of amides is 1. The van der Waals surface area contributed by atoms with Gasteiger partial charge in [-0.05, 0) is 37.1 Å². The highest BCUT2D eigenvalue weighted by Gasteiger charge is 2.19. The molecule has 10 heteroatoms. The molecule has 0 atom stereocenters. The minimum absolute atomic E-state index is 0.117. The van der Waals surface area contributed by atoms with E-state index in [0.717, 1.165) is 0 Å². The third-order valence-electron chi connectivity index (χ3n) is 4.86. The highest BCUT2D eigenvalue weighted by Crippen LogP contribution is 2.32. The summed E-state index contributed by atoms with van der Waals surface area (Å²) in [7, 11) is -0.556.